The maximum absolute atomic E-state index is 12.2. The number of aromatic nitrogens is 2. The van der Waals surface area contributed by atoms with E-state index < -0.39 is 0 Å². The van der Waals surface area contributed by atoms with Gasteiger partial charge in [-0.2, -0.15) is 5.10 Å². The van der Waals surface area contributed by atoms with Gasteiger partial charge in [-0.15, -0.1) is 0 Å². The van der Waals surface area contributed by atoms with Crippen molar-refractivity contribution in [2.24, 2.45) is 5.92 Å². The van der Waals surface area contributed by atoms with E-state index in [2.05, 4.69) is 18.9 Å². The zero-order chi connectivity index (χ0) is 13.7. The predicted molar refractivity (Wildman–Crippen MR) is 70.5 cm³/mol. The van der Waals surface area contributed by atoms with E-state index in [0.717, 1.165) is 12.2 Å². The van der Waals surface area contributed by atoms with E-state index >= 15 is 0 Å². The number of hydrogen-bond donors (Lipinski definition) is 1. The second-order valence-corrected chi connectivity index (χ2v) is 4.83. The maximum atomic E-state index is 12.2. The van der Waals surface area contributed by atoms with Gasteiger partial charge in [-0.1, -0.05) is 13.8 Å². The molecule has 0 fully saturated rings. The van der Waals surface area contributed by atoms with Crippen molar-refractivity contribution in [1.29, 1.82) is 0 Å². The number of aliphatic hydroxyl groups is 1. The van der Waals surface area contributed by atoms with E-state index in [1.54, 1.807) is 11.1 Å². The van der Waals surface area contributed by atoms with Crippen LogP contribution < -0.4 is 0 Å². The summed E-state index contributed by atoms with van der Waals surface area (Å²) in [5.74, 6) is 0.435. The first-order valence-corrected chi connectivity index (χ1v) is 6.43. The summed E-state index contributed by atoms with van der Waals surface area (Å²) < 4.78 is 1.87. The van der Waals surface area contributed by atoms with Crippen molar-refractivity contribution in [2.75, 3.05) is 19.7 Å². The molecule has 0 saturated carbocycles. The summed E-state index contributed by atoms with van der Waals surface area (Å²) in [6, 6.07) is 0. The molecule has 0 spiro atoms. The lowest BCUT2D eigenvalue weighted by atomic mass is 10.2. The van der Waals surface area contributed by atoms with Gasteiger partial charge < -0.3 is 10.0 Å². The Labute approximate surface area is 108 Å². The molecule has 0 aliphatic carbocycles. The summed E-state index contributed by atoms with van der Waals surface area (Å²) in [7, 11) is 0. The highest BCUT2D eigenvalue weighted by Gasteiger charge is 2.19. The third kappa shape index (κ3) is 3.32. The molecule has 0 saturated heterocycles. The van der Waals surface area contributed by atoms with Crippen molar-refractivity contribution < 1.29 is 9.90 Å². The molecule has 1 aromatic rings. The number of likely N-dealkylation sites (N-methyl/N-ethyl adjacent to an activating group) is 1. The van der Waals surface area contributed by atoms with Crippen LogP contribution in [0.25, 0.3) is 0 Å². The van der Waals surface area contributed by atoms with Gasteiger partial charge in [0.2, 0.25) is 0 Å². The normalized spacial score (nSPS) is 11.0. The SMILES string of the molecule is CCN(CCO)C(=O)c1cnn(CC(C)C)c1C. The van der Waals surface area contributed by atoms with Crippen molar-refractivity contribution >= 4 is 5.91 Å². The first kappa shape index (κ1) is 14.7. The van der Waals surface area contributed by atoms with E-state index in [0.29, 0.717) is 24.6 Å². The van der Waals surface area contributed by atoms with E-state index in [9.17, 15) is 4.79 Å². The average molecular weight is 253 g/mol. The third-order valence-electron chi connectivity index (χ3n) is 2.91. The van der Waals surface area contributed by atoms with Gasteiger partial charge in [-0.3, -0.25) is 9.48 Å². The number of aliphatic hydroxyl groups excluding tert-OH is 1. The molecule has 0 radical (unpaired) electrons. The van der Waals surface area contributed by atoms with Gasteiger partial charge >= 0.3 is 0 Å². The second-order valence-electron chi connectivity index (χ2n) is 4.83. The third-order valence-corrected chi connectivity index (χ3v) is 2.91. The van der Waals surface area contributed by atoms with Gasteiger partial charge in [0.25, 0.3) is 5.91 Å². The molecule has 18 heavy (non-hydrogen) atoms. The van der Waals surface area contributed by atoms with Gasteiger partial charge in [-0.05, 0) is 19.8 Å². The lowest BCUT2D eigenvalue weighted by Gasteiger charge is -2.19. The minimum Gasteiger partial charge on any atom is -0.395 e. The van der Waals surface area contributed by atoms with Crippen molar-refractivity contribution in [1.82, 2.24) is 14.7 Å². The molecule has 1 aromatic heterocycles. The van der Waals surface area contributed by atoms with Crippen molar-refractivity contribution in [3.05, 3.63) is 17.5 Å². The minimum atomic E-state index is -0.0564. The molecule has 1 N–H and O–H groups in total. The quantitative estimate of drug-likeness (QED) is 0.831. The van der Waals surface area contributed by atoms with Crippen molar-refractivity contribution in [3.63, 3.8) is 0 Å². The predicted octanol–water partition coefficient (Wildman–Crippen LogP) is 1.30. The number of rotatable bonds is 6. The monoisotopic (exact) mass is 253 g/mol. The first-order valence-electron chi connectivity index (χ1n) is 6.43. The van der Waals surface area contributed by atoms with E-state index in [1.165, 1.54) is 0 Å². The van der Waals surface area contributed by atoms with Crippen LogP contribution in [0.3, 0.4) is 0 Å². The number of carbonyl (C=O) groups is 1. The fourth-order valence-electron chi connectivity index (χ4n) is 1.88. The molecular formula is C13H23N3O2. The molecule has 1 amide bonds. The Morgan fingerprint density at radius 3 is 2.72 bits per heavy atom. The van der Waals surface area contributed by atoms with Crippen LogP contribution in [0.1, 0.15) is 36.8 Å². The summed E-state index contributed by atoms with van der Waals surface area (Å²) in [6.07, 6.45) is 1.63. The van der Waals surface area contributed by atoms with Gasteiger partial charge in [0.05, 0.1) is 18.4 Å². The lowest BCUT2D eigenvalue weighted by Crippen LogP contribution is -2.33. The minimum absolute atomic E-state index is 0.0151. The Bertz CT molecular complexity index is 399. The summed E-state index contributed by atoms with van der Waals surface area (Å²) >= 11 is 0. The molecule has 5 nitrogen and oxygen atoms in total. The Morgan fingerprint density at radius 2 is 2.22 bits per heavy atom. The molecular weight excluding hydrogens is 230 g/mol. The highest BCUT2D eigenvalue weighted by atomic mass is 16.3. The summed E-state index contributed by atoms with van der Waals surface area (Å²) in [5.41, 5.74) is 1.52. The molecule has 1 heterocycles. The maximum Gasteiger partial charge on any atom is 0.257 e. The number of nitrogens with zero attached hydrogens (tertiary/aromatic N) is 3. The van der Waals surface area contributed by atoms with Crippen LogP contribution in [-0.4, -0.2) is 45.4 Å². The molecule has 0 aliphatic rings. The molecule has 0 aliphatic heterocycles. The van der Waals surface area contributed by atoms with Crippen LogP contribution >= 0.6 is 0 Å². The van der Waals surface area contributed by atoms with Gasteiger partial charge in [0, 0.05) is 25.3 Å². The fourth-order valence-corrected chi connectivity index (χ4v) is 1.88. The van der Waals surface area contributed by atoms with E-state index in [1.807, 2.05) is 18.5 Å². The Hall–Kier alpha value is -1.36. The van der Waals surface area contributed by atoms with Crippen LogP contribution in [0.5, 0.6) is 0 Å². The van der Waals surface area contributed by atoms with Gasteiger partial charge in [0.1, 0.15) is 0 Å². The van der Waals surface area contributed by atoms with Gasteiger partial charge in [-0.25, -0.2) is 0 Å². The topological polar surface area (TPSA) is 58.4 Å². The summed E-state index contributed by atoms with van der Waals surface area (Å²) in [4.78, 5) is 13.9. The van der Waals surface area contributed by atoms with Crippen LogP contribution in [0, 0.1) is 12.8 Å². The van der Waals surface area contributed by atoms with Crippen molar-refractivity contribution in [2.45, 2.75) is 34.2 Å². The molecule has 0 atom stereocenters. The standard InChI is InChI=1S/C13H23N3O2/c1-5-15(6-7-17)13(18)12-8-14-16(11(12)4)9-10(2)3/h8,10,17H,5-7,9H2,1-4H3. The molecule has 0 unspecified atom stereocenters. The Morgan fingerprint density at radius 1 is 1.56 bits per heavy atom. The summed E-state index contributed by atoms with van der Waals surface area (Å²) in [5, 5.41) is 13.2. The van der Waals surface area contributed by atoms with Crippen LogP contribution in [-0.2, 0) is 6.54 Å². The van der Waals surface area contributed by atoms with Crippen molar-refractivity contribution in [3.8, 4) is 0 Å². The molecule has 0 bridgehead atoms. The molecule has 5 heteroatoms. The number of carbonyl (C=O) groups excluding carboxylic acids is 1. The zero-order valence-electron chi connectivity index (χ0n) is 11.7. The Balaban J connectivity index is 2.89. The van der Waals surface area contributed by atoms with Crippen LogP contribution in [0.15, 0.2) is 6.20 Å². The van der Waals surface area contributed by atoms with Gasteiger partial charge in [0.15, 0.2) is 0 Å². The molecule has 0 aromatic carbocycles. The lowest BCUT2D eigenvalue weighted by molar-refractivity contribution is 0.0731. The van der Waals surface area contributed by atoms with E-state index in [-0.39, 0.29) is 12.5 Å². The molecule has 1 rings (SSSR count). The second kappa shape index (κ2) is 6.54. The van der Waals surface area contributed by atoms with Crippen LogP contribution in [0.2, 0.25) is 0 Å². The number of amides is 1. The molecule has 102 valence electrons. The number of hydrogen-bond acceptors (Lipinski definition) is 3. The highest BCUT2D eigenvalue weighted by Crippen LogP contribution is 2.12. The highest BCUT2D eigenvalue weighted by molar-refractivity contribution is 5.95. The zero-order valence-corrected chi connectivity index (χ0v) is 11.7. The van der Waals surface area contributed by atoms with Crippen LogP contribution in [0.4, 0.5) is 0 Å². The fraction of sp³-hybridized carbons (Fsp3) is 0.692. The largest absolute Gasteiger partial charge is 0.395 e. The van der Waals surface area contributed by atoms with E-state index in [4.69, 9.17) is 5.11 Å². The summed E-state index contributed by atoms with van der Waals surface area (Å²) in [6.45, 7) is 9.80. The average Bonchev–Trinajstić information content (AvgIpc) is 2.66. The Kier molecular flexibility index (Phi) is 5.34. The first-order chi connectivity index (χ1) is 8.51. The smallest absolute Gasteiger partial charge is 0.257 e.